The van der Waals surface area contributed by atoms with E-state index in [2.05, 4.69) is 74.4 Å². The third kappa shape index (κ3) is 35.2. The number of hydrogen-bond acceptors (Lipinski definition) is 2. The van der Waals surface area contributed by atoms with Gasteiger partial charge in [0.1, 0.15) is 0 Å². The van der Waals surface area contributed by atoms with Gasteiger partial charge >= 0.3 is 0 Å². The predicted molar refractivity (Wildman–Crippen MR) is 198 cm³/mol. The molecule has 0 heterocycles. The van der Waals surface area contributed by atoms with Gasteiger partial charge in [-0.25, -0.2) is 0 Å². The standard InChI is InChI=1S/C41H78N2/c1-4-6-8-10-12-14-16-18-20-22-24-26-28-30-32-34-36-41(40-43(3)39-38-42)37-35-33-31-29-27-25-23-21-19-17-15-13-11-9-7-5-2/h12-15,18-21,41H,4-11,16-17,22-40,42H2,1-3H3. The van der Waals surface area contributed by atoms with Crippen molar-refractivity contribution >= 4 is 0 Å². The molecule has 2 N–H and O–H groups in total. The molecule has 0 aliphatic rings. The molecule has 0 bridgehead atoms. The smallest absolute Gasteiger partial charge is 0.0102 e. The molecule has 0 aromatic heterocycles. The van der Waals surface area contributed by atoms with Crippen LogP contribution in [0.1, 0.15) is 181 Å². The largest absolute Gasteiger partial charge is 0.329 e. The maximum Gasteiger partial charge on any atom is 0.0102 e. The van der Waals surface area contributed by atoms with Crippen LogP contribution in [0, 0.1) is 5.92 Å². The fourth-order valence-corrected chi connectivity index (χ4v) is 5.92. The van der Waals surface area contributed by atoms with Crippen LogP contribution in [0.2, 0.25) is 0 Å². The van der Waals surface area contributed by atoms with Gasteiger partial charge in [0.05, 0.1) is 0 Å². The second-order valence-corrected chi connectivity index (χ2v) is 13.2. The van der Waals surface area contributed by atoms with E-state index in [1.807, 2.05) is 0 Å². The van der Waals surface area contributed by atoms with Gasteiger partial charge in [-0.3, -0.25) is 0 Å². The minimum absolute atomic E-state index is 0.777. The molecule has 252 valence electrons. The fraction of sp³-hybridized carbons (Fsp3) is 0.805. The van der Waals surface area contributed by atoms with Crippen LogP contribution in [-0.4, -0.2) is 31.6 Å². The van der Waals surface area contributed by atoms with Crippen LogP contribution in [-0.2, 0) is 0 Å². The molecule has 0 atom stereocenters. The van der Waals surface area contributed by atoms with Crippen LogP contribution in [0.4, 0.5) is 0 Å². The van der Waals surface area contributed by atoms with Crippen molar-refractivity contribution in [3.63, 3.8) is 0 Å². The SMILES string of the molecule is CCCCCC=CCC=CCCCCCCCCC(CCCCCCCCC=CCC=CCCCCC)CN(C)CCN. The Bertz CT molecular complexity index is 584. The molecule has 0 aromatic carbocycles. The van der Waals surface area contributed by atoms with Crippen molar-refractivity contribution in [3.8, 4) is 0 Å². The first-order valence-electron chi connectivity index (χ1n) is 19.2. The second kappa shape index (κ2) is 37.1. The van der Waals surface area contributed by atoms with Crippen LogP contribution < -0.4 is 5.73 Å². The number of hydrogen-bond donors (Lipinski definition) is 1. The highest BCUT2D eigenvalue weighted by Crippen LogP contribution is 2.20. The average Bonchev–Trinajstić information content (AvgIpc) is 3.00. The quantitative estimate of drug-likeness (QED) is 0.0589. The number of nitrogens with two attached hydrogens (primary N) is 1. The van der Waals surface area contributed by atoms with Gasteiger partial charge in [0, 0.05) is 19.6 Å². The molecule has 0 radical (unpaired) electrons. The van der Waals surface area contributed by atoms with Crippen LogP contribution >= 0.6 is 0 Å². The number of unbranched alkanes of at least 4 members (excludes halogenated alkanes) is 18. The van der Waals surface area contributed by atoms with Crippen LogP contribution in [0.3, 0.4) is 0 Å². The molecule has 0 aromatic rings. The molecule has 0 unspecified atom stereocenters. The lowest BCUT2D eigenvalue weighted by Gasteiger charge is -2.24. The lowest BCUT2D eigenvalue weighted by molar-refractivity contribution is 0.254. The summed E-state index contributed by atoms with van der Waals surface area (Å²) in [5, 5.41) is 0. The molecule has 0 saturated heterocycles. The highest BCUT2D eigenvalue weighted by atomic mass is 15.1. The van der Waals surface area contributed by atoms with E-state index < -0.39 is 0 Å². The Morgan fingerprint density at radius 2 is 0.814 bits per heavy atom. The molecular formula is C41H78N2. The summed E-state index contributed by atoms with van der Waals surface area (Å²) in [6, 6.07) is 0. The van der Waals surface area contributed by atoms with Gasteiger partial charge in [-0.2, -0.15) is 0 Å². The van der Waals surface area contributed by atoms with Crippen LogP contribution in [0.25, 0.3) is 0 Å². The van der Waals surface area contributed by atoms with Gasteiger partial charge in [0.15, 0.2) is 0 Å². The van der Waals surface area contributed by atoms with Crippen molar-refractivity contribution in [2.24, 2.45) is 11.7 Å². The Hall–Kier alpha value is -1.12. The van der Waals surface area contributed by atoms with Gasteiger partial charge in [-0.15, -0.1) is 0 Å². The minimum Gasteiger partial charge on any atom is -0.329 e. The van der Waals surface area contributed by atoms with Crippen molar-refractivity contribution < 1.29 is 0 Å². The second-order valence-electron chi connectivity index (χ2n) is 13.2. The molecule has 0 aliphatic heterocycles. The summed E-state index contributed by atoms with van der Waals surface area (Å²) in [4.78, 5) is 2.47. The van der Waals surface area contributed by atoms with Gasteiger partial charge in [0.25, 0.3) is 0 Å². The molecule has 0 rings (SSSR count). The summed E-state index contributed by atoms with van der Waals surface area (Å²) in [6.45, 7) is 7.59. The van der Waals surface area contributed by atoms with Gasteiger partial charge in [-0.05, 0) is 90.0 Å². The summed E-state index contributed by atoms with van der Waals surface area (Å²) in [6.07, 6.45) is 53.8. The van der Waals surface area contributed by atoms with Crippen molar-refractivity contribution in [2.45, 2.75) is 181 Å². The first-order valence-corrected chi connectivity index (χ1v) is 19.2. The summed E-state index contributed by atoms with van der Waals surface area (Å²) in [5.74, 6) is 0.855. The van der Waals surface area contributed by atoms with Gasteiger partial charge in [-0.1, -0.05) is 152 Å². The third-order valence-corrected chi connectivity index (χ3v) is 8.71. The van der Waals surface area contributed by atoms with E-state index in [9.17, 15) is 0 Å². The van der Waals surface area contributed by atoms with Gasteiger partial charge < -0.3 is 10.6 Å². The topological polar surface area (TPSA) is 29.3 Å². The van der Waals surface area contributed by atoms with Crippen molar-refractivity contribution in [3.05, 3.63) is 48.6 Å². The Labute approximate surface area is 272 Å². The van der Waals surface area contributed by atoms with E-state index in [4.69, 9.17) is 5.73 Å². The summed E-state index contributed by atoms with van der Waals surface area (Å²) < 4.78 is 0. The highest BCUT2D eigenvalue weighted by molar-refractivity contribution is 4.93. The zero-order valence-corrected chi connectivity index (χ0v) is 29.7. The first-order chi connectivity index (χ1) is 21.2. The minimum atomic E-state index is 0.777. The third-order valence-electron chi connectivity index (χ3n) is 8.71. The maximum absolute atomic E-state index is 5.83. The van der Waals surface area contributed by atoms with Crippen molar-refractivity contribution in [1.29, 1.82) is 0 Å². The average molecular weight is 599 g/mol. The highest BCUT2D eigenvalue weighted by Gasteiger charge is 2.11. The van der Waals surface area contributed by atoms with E-state index >= 15 is 0 Å². The first kappa shape index (κ1) is 41.9. The molecule has 0 fully saturated rings. The monoisotopic (exact) mass is 599 g/mol. The molecule has 0 saturated carbocycles. The lowest BCUT2D eigenvalue weighted by atomic mass is 9.93. The summed E-state index contributed by atoms with van der Waals surface area (Å²) in [7, 11) is 2.26. The zero-order valence-electron chi connectivity index (χ0n) is 29.7. The van der Waals surface area contributed by atoms with Crippen LogP contribution in [0.15, 0.2) is 48.6 Å². The van der Waals surface area contributed by atoms with Crippen LogP contribution in [0.5, 0.6) is 0 Å². The van der Waals surface area contributed by atoms with Crippen molar-refractivity contribution in [2.75, 3.05) is 26.7 Å². The molecule has 0 aliphatic carbocycles. The molecule has 0 spiro atoms. The molecule has 2 heteroatoms. The Morgan fingerprint density at radius 3 is 1.19 bits per heavy atom. The Kier molecular flexibility index (Phi) is 36.1. The summed E-state index contributed by atoms with van der Waals surface area (Å²) >= 11 is 0. The number of nitrogens with zero attached hydrogens (tertiary/aromatic N) is 1. The fourth-order valence-electron chi connectivity index (χ4n) is 5.92. The summed E-state index contributed by atoms with van der Waals surface area (Å²) in [5.41, 5.74) is 5.83. The normalized spacial score (nSPS) is 13.2. The van der Waals surface area contributed by atoms with E-state index in [-0.39, 0.29) is 0 Å². The maximum atomic E-state index is 5.83. The van der Waals surface area contributed by atoms with E-state index in [0.29, 0.717) is 0 Å². The molecular weight excluding hydrogens is 520 g/mol. The zero-order chi connectivity index (χ0) is 31.3. The lowest BCUT2D eigenvalue weighted by Crippen LogP contribution is -2.30. The van der Waals surface area contributed by atoms with E-state index in [1.54, 1.807) is 0 Å². The molecule has 0 amide bonds. The van der Waals surface area contributed by atoms with E-state index in [1.165, 1.54) is 161 Å². The van der Waals surface area contributed by atoms with Gasteiger partial charge in [0.2, 0.25) is 0 Å². The number of likely N-dealkylation sites (N-methyl/N-ethyl adjacent to an activating group) is 1. The van der Waals surface area contributed by atoms with Crippen molar-refractivity contribution in [1.82, 2.24) is 4.90 Å². The number of allylic oxidation sites excluding steroid dienone is 8. The number of rotatable bonds is 34. The molecule has 2 nitrogen and oxygen atoms in total. The Morgan fingerprint density at radius 1 is 0.465 bits per heavy atom. The molecule has 43 heavy (non-hydrogen) atoms. The van der Waals surface area contributed by atoms with E-state index in [0.717, 1.165) is 31.8 Å². The Balaban J connectivity index is 3.80. The predicted octanol–water partition coefficient (Wildman–Crippen LogP) is 12.9.